The van der Waals surface area contributed by atoms with E-state index in [0.717, 1.165) is 12.0 Å². The van der Waals surface area contributed by atoms with Gasteiger partial charge in [0.05, 0.1) is 4.90 Å². The van der Waals surface area contributed by atoms with Gasteiger partial charge in [-0.1, -0.05) is 23.9 Å². The summed E-state index contributed by atoms with van der Waals surface area (Å²) in [7, 11) is -3.70. The number of nitrogens with two attached hydrogens (primary N) is 1. The van der Waals surface area contributed by atoms with E-state index in [1.54, 1.807) is 12.1 Å². The fourth-order valence-corrected chi connectivity index (χ4v) is 5.47. The third kappa shape index (κ3) is 6.01. The molecule has 30 heavy (non-hydrogen) atoms. The van der Waals surface area contributed by atoms with Crippen molar-refractivity contribution in [3.63, 3.8) is 0 Å². The van der Waals surface area contributed by atoms with E-state index >= 15 is 0 Å². The first kappa shape index (κ1) is 22.7. The predicted octanol–water partition coefficient (Wildman–Crippen LogP) is 1.36. The number of aromatic nitrogens is 1. The van der Waals surface area contributed by atoms with Gasteiger partial charge in [-0.2, -0.15) is 0 Å². The Morgan fingerprint density at radius 2 is 2.10 bits per heavy atom. The molecule has 2 aromatic rings. The number of nitrogens with zero attached hydrogens (tertiary/aromatic N) is 2. The number of aromatic carboxylic acids is 1. The molecule has 12 heteroatoms. The summed E-state index contributed by atoms with van der Waals surface area (Å²) >= 11 is 2.73. The number of carbonyl (C=O) groups is 2. The minimum absolute atomic E-state index is 0.0407. The van der Waals surface area contributed by atoms with E-state index in [1.165, 1.54) is 40.6 Å². The highest BCUT2D eigenvalue weighted by Gasteiger charge is 2.30. The van der Waals surface area contributed by atoms with Crippen LogP contribution in [0.15, 0.2) is 38.9 Å². The molecule has 1 atom stereocenters. The van der Waals surface area contributed by atoms with Crippen LogP contribution in [0, 0.1) is 0 Å². The summed E-state index contributed by atoms with van der Waals surface area (Å²) in [6, 6.07) is 6.46. The topological polar surface area (TPSA) is 143 Å². The number of nitrogens with one attached hydrogen (secondary N) is 1. The first-order chi connectivity index (χ1) is 14.2. The fourth-order valence-electron chi connectivity index (χ4n) is 3.15. The molecule has 1 fully saturated rings. The summed E-state index contributed by atoms with van der Waals surface area (Å²) in [5.74, 6) is -0.285. The van der Waals surface area contributed by atoms with Crippen LogP contribution >= 0.6 is 23.1 Å². The maximum Gasteiger partial charge on any atom is 0.355 e. The van der Waals surface area contributed by atoms with E-state index in [4.69, 9.17) is 10.2 Å². The van der Waals surface area contributed by atoms with Crippen LogP contribution in [-0.2, 0) is 21.4 Å². The molecule has 1 unspecified atom stereocenters. The third-order valence-corrected chi connectivity index (χ3v) is 7.60. The van der Waals surface area contributed by atoms with Crippen molar-refractivity contribution in [1.29, 1.82) is 0 Å². The Bertz CT molecular complexity index is 1010. The zero-order chi connectivity index (χ0) is 21.7. The first-order valence-electron chi connectivity index (χ1n) is 9.17. The highest BCUT2D eigenvalue weighted by molar-refractivity contribution is 8.01. The fraction of sp³-hybridized carbons (Fsp3) is 0.389. The van der Waals surface area contributed by atoms with Crippen LogP contribution in [-0.4, -0.2) is 60.2 Å². The number of thiazole rings is 1. The number of sulfonamides is 1. The minimum Gasteiger partial charge on any atom is -0.476 e. The van der Waals surface area contributed by atoms with Gasteiger partial charge in [0, 0.05) is 43.2 Å². The van der Waals surface area contributed by atoms with Gasteiger partial charge in [-0.3, -0.25) is 4.79 Å². The van der Waals surface area contributed by atoms with E-state index in [1.807, 2.05) is 4.90 Å². The van der Waals surface area contributed by atoms with Crippen LogP contribution in [0.2, 0.25) is 0 Å². The SMILES string of the molecule is NS(=O)(=O)c1ccc(CNCC2CCC(=O)N2CCSc2nc(C(=O)O)cs2)cc1. The number of primary sulfonamides is 1. The van der Waals surface area contributed by atoms with Crippen molar-refractivity contribution < 1.29 is 23.1 Å². The number of hydrogen-bond acceptors (Lipinski definition) is 8. The number of carbonyl (C=O) groups excluding carboxylic acids is 1. The number of carboxylic acid groups (broad SMARTS) is 1. The van der Waals surface area contributed by atoms with Crippen molar-refractivity contribution in [2.45, 2.75) is 34.7 Å². The Morgan fingerprint density at radius 1 is 1.37 bits per heavy atom. The number of likely N-dealkylation sites (tertiary alicyclic amines) is 1. The summed E-state index contributed by atoms with van der Waals surface area (Å²) in [5.41, 5.74) is 0.964. The molecule has 0 spiro atoms. The van der Waals surface area contributed by atoms with Crippen molar-refractivity contribution in [2.24, 2.45) is 5.14 Å². The third-order valence-electron chi connectivity index (χ3n) is 4.67. The Kier molecular flexibility index (Phi) is 7.47. The summed E-state index contributed by atoms with van der Waals surface area (Å²) in [6.07, 6.45) is 1.29. The molecule has 0 bridgehead atoms. The zero-order valence-electron chi connectivity index (χ0n) is 16.0. The maximum atomic E-state index is 12.2. The zero-order valence-corrected chi connectivity index (χ0v) is 18.4. The second-order valence-corrected chi connectivity index (χ2v) is 10.5. The second kappa shape index (κ2) is 9.88. The number of thioether (sulfide) groups is 1. The molecule has 0 radical (unpaired) electrons. The van der Waals surface area contributed by atoms with Gasteiger partial charge in [-0.05, 0) is 24.1 Å². The van der Waals surface area contributed by atoms with Gasteiger partial charge in [-0.25, -0.2) is 23.3 Å². The lowest BCUT2D eigenvalue weighted by molar-refractivity contribution is -0.128. The molecule has 162 valence electrons. The van der Waals surface area contributed by atoms with Crippen LogP contribution < -0.4 is 10.5 Å². The molecular formula is C18H22N4O5S3. The van der Waals surface area contributed by atoms with E-state index in [2.05, 4.69) is 10.3 Å². The quantitative estimate of drug-likeness (QED) is 0.442. The summed E-state index contributed by atoms with van der Waals surface area (Å²) in [4.78, 5) is 29.1. The van der Waals surface area contributed by atoms with E-state index in [-0.39, 0.29) is 22.5 Å². The van der Waals surface area contributed by atoms with Crippen molar-refractivity contribution in [2.75, 3.05) is 18.8 Å². The highest BCUT2D eigenvalue weighted by atomic mass is 32.2. The van der Waals surface area contributed by atoms with Crippen molar-refractivity contribution in [3.05, 3.63) is 40.9 Å². The molecule has 1 saturated heterocycles. The summed E-state index contributed by atoms with van der Waals surface area (Å²) in [5, 5.41) is 18.8. The van der Waals surface area contributed by atoms with E-state index < -0.39 is 16.0 Å². The van der Waals surface area contributed by atoms with Crippen molar-refractivity contribution in [1.82, 2.24) is 15.2 Å². The van der Waals surface area contributed by atoms with Gasteiger partial charge in [-0.15, -0.1) is 11.3 Å². The van der Waals surface area contributed by atoms with Crippen molar-refractivity contribution >= 4 is 45.0 Å². The minimum atomic E-state index is -3.70. The molecule has 0 aliphatic carbocycles. The van der Waals surface area contributed by atoms with Crippen molar-refractivity contribution in [3.8, 4) is 0 Å². The average molecular weight is 471 g/mol. The Labute approximate surface area is 182 Å². The Morgan fingerprint density at radius 3 is 2.73 bits per heavy atom. The van der Waals surface area contributed by atoms with Crippen LogP contribution in [0.25, 0.3) is 0 Å². The summed E-state index contributed by atoms with van der Waals surface area (Å²) in [6.45, 7) is 1.75. The Hall–Kier alpha value is -1.99. The molecule has 1 aliphatic heterocycles. The van der Waals surface area contributed by atoms with E-state index in [0.29, 0.717) is 36.1 Å². The lowest BCUT2D eigenvalue weighted by Crippen LogP contribution is -2.41. The van der Waals surface area contributed by atoms with Gasteiger partial charge in [0.1, 0.15) is 0 Å². The molecule has 1 aromatic heterocycles. The van der Waals surface area contributed by atoms with Crippen LogP contribution in [0.4, 0.5) is 0 Å². The van der Waals surface area contributed by atoms with Gasteiger partial charge in [0.2, 0.25) is 15.9 Å². The number of rotatable bonds is 10. The molecule has 4 N–H and O–H groups in total. The highest BCUT2D eigenvalue weighted by Crippen LogP contribution is 2.25. The molecule has 1 aliphatic rings. The maximum absolute atomic E-state index is 12.2. The monoisotopic (exact) mass is 470 g/mol. The first-order valence-corrected chi connectivity index (χ1v) is 12.6. The van der Waals surface area contributed by atoms with E-state index in [9.17, 15) is 18.0 Å². The molecule has 0 saturated carbocycles. The van der Waals surface area contributed by atoms with Gasteiger partial charge < -0.3 is 15.3 Å². The van der Waals surface area contributed by atoms with Crippen LogP contribution in [0.5, 0.6) is 0 Å². The molecule has 3 rings (SSSR count). The Balaban J connectivity index is 1.45. The molecule has 1 amide bonds. The molecule has 1 aromatic carbocycles. The van der Waals surface area contributed by atoms with Crippen LogP contribution in [0.3, 0.4) is 0 Å². The van der Waals surface area contributed by atoms with Gasteiger partial charge in [0.15, 0.2) is 10.0 Å². The lowest BCUT2D eigenvalue weighted by atomic mass is 10.2. The standard InChI is InChI=1S/C18H22N4O5S3/c19-30(26,27)14-4-1-12(2-5-14)9-20-10-13-3-6-16(23)22(13)7-8-28-18-21-15(11-29-18)17(24)25/h1-2,4-5,11,13,20H,3,6-10H2,(H,24,25)(H2,19,26,27). The smallest absolute Gasteiger partial charge is 0.355 e. The van der Waals surface area contributed by atoms with Gasteiger partial charge >= 0.3 is 5.97 Å². The molecule has 9 nitrogen and oxygen atoms in total. The largest absolute Gasteiger partial charge is 0.476 e. The van der Waals surface area contributed by atoms with Gasteiger partial charge in [0.25, 0.3) is 0 Å². The number of hydrogen-bond donors (Lipinski definition) is 3. The number of benzene rings is 1. The number of amides is 1. The summed E-state index contributed by atoms with van der Waals surface area (Å²) < 4.78 is 23.3. The molecule has 2 heterocycles. The predicted molar refractivity (Wildman–Crippen MR) is 114 cm³/mol. The second-order valence-electron chi connectivity index (χ2n) is 6.75. The normalized spacial score (nSPS) is 16.9. The number of carboxylic acids is 1. The average Bonchev–Trinajstić information content (AvgIpc) is 3.30. The molecular weight excluding hydrogens is 448 g/mol. The lowest BCUT2D eigenvalue weighted by Gasteiger charge is -2.25. The van der Waals surface area contributed by atoms with Crippen LogP contribution in [0.1, 0.15) is 28.9 Å².